The first-order valence-corrected chi connectivity index (χ1v) is 16.7. The first-order valence-electron chi connectivity index (χ1n) is 15.9. The standard InChI is InChI=1S/C11H19NO3.C10H15N3OS.C9H17N3O2/c1-3-5-9-6-10(13)12(7-9)8-11(14)15-4-2;1-2-3-8-4-10(14)13(5-8)6-9-12-11-7-15-9;1-2-3-7-4-9(14)12(5-7)6-8(13)11-10/h9H,3-8H2,1-2H3;7-8H,2-6H2,1H3;7H,2-6,10H2,1H3,(H,11,13). The van der Waals surface area contributed by atoms with E-state index in [0.29, 0.717) is 63.3 Å². The fourth-order valence-electron chi connectivity index (χ4n) is 5.83. The fourth-order valence-corrected chi connectivity index (χ4v) is 6.38. The van der Waals surface area contributed by atoms with Gasteiger partial charge in [-0.1, -0.05) is 40.0 Å². The van der Waals surface area contributed by atoms with Gasteiger partial charge in [-0.25, -0.2) is 5.84 Å². The van der Waals surface area contributed by atoms with Crippen LogP contribution in [0.5, 0.6) is 0 Å². The van der Waals surface area contributed by atoms with E-state index in [1.54, 1.807) is 22.2 Å². The molecule has 0 saturated carbocycles. The third kappa shape index (κ3) is 12.8. The number of nitrogens with one attached hydrogen (secondary N) is 1. The van der Waals surface area contributed by atoms with Gasteiger partial charge in [0, 0.05) is 38.9 Å². The minimum atomic E-state index is -0.310. The van der Waals surface area contributed by atoms with E-state index in [1.165, 1.54) is 11.3 Å². The minimum Gasteiger partial charge on any atom is -0.465 e. The molecule has 0 aliphatic carbocycles. The summed E-state index contributed by atoms with van der Waals surface area (Å²) >= 11 is 1.51. The smallest absolute Gasteiger partial charge is 0.325 e. The lowest BCUT2D eigenvalue weighted by molar-refractivity contribution is -0.147. The molecule has 3 aliphatic rings. The van der Waals surface area contributed by atoms with Crippen LogP contribution in [0.4, 0.5) is 0 Å². The van der Waals surface area contributed by atoms with E-state index >= 15 is 0 Å². The molecule has 4 heterocycles. The zero-order valence-electron chi connectivity index (χ0n) is 26.8. The van der Waals surface area contributed by atoms with E-state index in [0.717, 1.165) is 50.1 Å². The van der Waals surface area contributed by atoms with Crippen molar-refractivity contribution in [2.45, 2.75) is 92.0 Å². The topological polar surface area (TPSA) is 168 Å². The molecule has 3 atom stereocenters. The first-order chi connectivity index (χ1) is 21.1. The maximum Gasteiger partial charge on any atom is 0.325 e. The van der Waals surface area contributed by atoms with E-state index in [4.69, 9.17) is 10.6 Å². The molecule has 14 heteroatoms. The molecule has 3 aliphatic heterocycles. The van der Waals surface area contributed by atoms with Gasteiger partial charge in [-0.15, -0.1) is 21.5 Å². The molecule has 0 aromatic carbocycles. The fraction of sp³-hybridized carbons (Fsp3) is 0.767. The van der Waals surface area contributed by atoms with Gasteiger partial charge in [-0.05, 0) is 43.9 Å². The number of rotatable bonds is 13. The number of nitrogens with two attached hydrogens (primary N) is 1. The summed E-state index contributed by atoms with van der Waals surface area (Å²) < 4.78 is 4.81. The van der Waals surface area contributed by atoms with Crippen molar-refractivity contribution in [1.82, 2.24) is 30.3 Å². The summed E-state index contributed by atoms with van der Waals surface area (Å²) in [5.74, 6) is 6.15. The van der Waals surface area contributed by atoms with Crippen molar-refractivity contribution >= 4 is 40.9 Å². The quantitative estimate of drug-likeness (QED) is 0.143. The number of ether oxygens (including phenoxy) is 1. The molecule has 4 rings (SSSR count). The second kappa shape index (κ2) is 20.0. The van der Waals surface area contributed by atoms with Crippen LogP contribution in [0.3, 0.4) is 0 Å². The number of hydrazine groups is 1. The van der Waals surface area contributed by atoms with Crippen LogP contribution in [0.2, 0.25) is 0 Å². The van der Waals surface area contributed by atoms with E-state index in [-0.39, 0.29) is 42.7 Å². The summed E-state index contributed by atoms with van der Waals surface area (Å²) in [5.41, 5.74) is 3.73. The van der Waals surface area contributed by atoms with Crippen molar-refractivity contribution in [2.24, 2.45) is 23.6 Å². The lowest BCUT2D eigenvalue weighted by atomic mass is 10.0. The van der Waals surface area contributed by atoms with Crippen LogP contribution < -0.4 is 11.3 Å². The summed E-state index contributed by atoms with van der Waals surface area (Å²) in [6.07, 6.45) is 8.46. The molecule has 1 aromatic rings. The highest BCUT2D eigenvalue weighted by atomic mass is 32.1. The summed E-state index contributed by atoms with van der Waals surface area (Å²) in [6.45, 7) is 11.7. The van der Waals surface area contributed by atoms with Gasteiger partial charge in [-0.2, -0.15) is 0 Å². The second-order valence-corrected chi connectivity index (χ2v) is 12.5. The number of aromatic nitrogens is 2. The molecular weight excluding hydrogens is 586 g/mol. The zero-order chi connectivity index (χ0) is 32.5. The molecule has 0 radical (unpaired) electrons. The van der Waals surface area contributed by atoms with Gasteiger partial charge in [0.1, 0.15) is 23.6 Å². The zero-order valence-corrected chi connectivity index (χ0v) is 27.6. The van der Waals surface area contributed by atoms with Gasteiger partial charge >= 0.3 is 5.97 Å². The molecule has 0 spiro atoms. The molecule has 1 aromatic heterocycles. The Morgan fingerprint density at radius 2 is 1.32 bits per heavy atom. The summed E-state index contributed by atoms with van der Waals surface area (Å²) in [4.78, 5) is 61.8. The van der Waals surface area contributed by atoms with Crippen LogP contribution in [0.25, 0.3) is 0 Å². The predicted octanol–water partition coefficient (Wildman–Crippen LogP) is 2.51. The molecule has 4 amide bonds. The minimum absolute atomic E-state index is 0.0621. The van der Waals surface area contributed by atoms with Gasteiger partial charge in [0.25, 0.3) is 5.91 Å². The second-order valence-electron chi connectivity index (χ2n) is 11.6. The maximum atomic E-state index is 11.7. The molecule has 248 valence electrons. The Hall–Kier alpha value is -3.13. The molecule has 3 saturated heterocycles. The molecule has 0 bridgehead atoms. The maximum absolute atomic E-state index is 11.7. The van der Waals surface area contributed by atoms with Crippen molar-refractivity contribution < 1.29 is 28.7 Å². The van der Waals surface area contributed by atoms with E-state index < -0.39 is 0 Å². The summed E-state index contributed by atoms with van der Waals surface area (Å²) in [6, 6.07) is 0. The average molecular weight is 638 g/mol. The Kier molecular flexibility index (Phi) is 16.9. The van der Waals surface area contributed by atoms with Crippen LogP contribution in [0, 0.1) is 17.8 Å². The van der Waals surface area contributed by atoms with Crippen LogP contribution in [0.15, 0.2) is 5.51 Å². The van der Waals surface area contributed by atoms with Crippen molar-refractivity contribution in [3.8, 4) is 0 Å². The Bertz CT molecular complexity index is 1060. The van der Waals surface area contributed by atoms with Gasteiger partial charge in [0.15, 0.2) is 0 Å². The summed E-state index contributed by atoms with van der Waals surface area (Å²) in [7, 11) is 0. The Balaban J connectivity index is 0.000000230. The van der Waals surface area contributed by atoms with Gasteiger partial charge in [-0.3, -0.25) is 29.4 Å². The van der Waals surface area contributed by atoms with Gasteiger partial charge < -0.3 is 19.4 Å². The highest BCUT2D eigenvalue weighted by molar-refractivity contribution is 7.09. The van der Waals surface area contributed by atoms with Crippen LogP contribution in [0.1, 0.15) is 90.5 Å². The highest BCUT2D eigenvalue weighted by Gasteiger charge is 2.31. The SMILES string of the molecule is CCCC1CC(=O)N(CC(=O)NN)C1.CCCC1CC(=O)N(CC(=O)OCC)C1.CCCC1CC(=O)N(Cc2nncs2)C1. The van der Waals surface area contributed by atoms with Crippen molar-refractivity contribution in [3.63, 3.8) is 0 Å². The Morgan fingerprint density at radius 3 is 1.75 bits per heavy atom. The lowest BCUT2D eigenvalue weighted by Gasteiger charge is -2.15. The molecule has 44 heavy (non-hydrogen) atoms. The molecule has 3 N–H and O–H groups in total. The van der Waals surface area contributed by atoms with E-state index in [9.17, 15) is 24.0 Å². The average Bonchev–Trinajstić information content (AvgIpc) is 3.76. The molecular formula is C30H51N7O6S. The van der Waals surface area contributed by atoms with E-state index in [1.807, 2.05) is 10.3 Å². The first kappa shape index (κ1) is 37.1. The van der Waals surface area contributed by atoms with Crippen molar-refractivity contribution in [1.29, 1.82) is 0 Å². The third-order valence-corrected chi connectivity index (χ3v) is 8.51. The van der Waals surface area contributed by atoms with Crippen LogP contribution in [-0.4, -0.2) is 93.8 Å². The van der Waals surface area contributed by atoms with Crippen LogP contribution in [-0.2, 0) is 35.3 Å². The predicted molar refractivity (Wildman–Crippen MR) is 166 cm³/mol. The largest absolute Gasteiger partial charge is 0.465 e. The molecule has 13 nitrogen and oxygen atoms in total. The number of amides is 4. The van der Waals surface area contributed by atoms with Gasteiger partial charge in [0.2, 0.25) is 17.7 Å². The Morgan fingerprint density at radius 1 is 0.841 bits per heavy atom. The Labute approximate surface area is 265 Å². The monoisotopic (exact) mass is 637 g/mol. The van der Waals surface area contributed by atoms with E-state index in [2.05, 4.69) is 31.0 Å². The number of hydrogen-bond acceptors (Lipinski definition) is 10. The number of hydrogen-bond donors (Lipinski definition) is 2. The van der Waals surface area contributed by atoms with Crippen molar-refractivity contribution in [3.05, 3.63) is 10.5 Å². The number of carbonyl (C=O) groups is 5. The highest BCUT2D eigenvalue weighted by Crippen LogP contribution is 2.24. The normalized spacial score (nSPS) is 21.2. The number of esters is 1. The third-order valence-electron chi connectivity index (χ3n) is 7.83. The van der Waals surface area contributed by atoms with Crippen molar-refractivity contribution in [2.75, 3.05) is 39.3 Å². The number of nitrogens with zero attached hydrogens (tertiary/aromatic N) is 5. The summed E-state index contributed by atoms with van der Waals surface area (Å²) in [5, 5.41) is 8.67. The number of carbonyl (C=O) groups excluding carboxylic acids is 5. The van der Waals surface area contributed by atoms with Gasteiger partial charge in [0.05, 0.1) is 13.2 Å². The van der Waals surface area contributed by atoms with Crippen LogP contribution >= 0.6 is 11.3 Å². The molecule has 3 fully saturated rings. The lowest BCUT2D eigenvalue weighted by Crippen LogP contribution is -2.41. The molecule has 3 unspecified atom stereocenters. The number of likely N-dealkylation sites (tertiary alicyclic amines) is 3.